The maximum Gasteiger partial charge on any atom is 0.256 e. The molecule has 0 bridgehead atoms. The first-order valence-corrected chi connectivity index (χ1v) is 8.40. The Morgan fingerprint density at radius 1 is 1.00 bits per heavy atom. The highest BCUT2D eigenvalue weighted by molar-refractivity contribution is 6.30. The zero-order chi connectivity index (χ0) is 17.6. The van der Waals surface area contributed by atoms with Gasteiger partial charge in [0.15, 0.2) is 0 Å². The maximum absolute atomic E-state index is 12.2. The number of halogens is 1. The Hall–Kier alpha value is -2.85. The molecule has 0 aliphatic heterocycles. The van der Waals surface area contributed by atoms with Gasteiger partial charge in [-0.05, 0) is 55.5 Å². The number of hydrogen-bond acceptors (Lipinski definition) is 3. The highest BCUT2D eigenvalue weighted by atomic mass is 35.5. The molecule has 1 aromatic heterocycles. The number of nitrogens with one attached hydrogen (secondary N) is 1. The molecule has 0 unspecified atom stereocenters. The Kier molecular flexibility index (Phi) is 5.31. The molecule has 0 atom stereocenters. The monoisotopic (exact) mass is 351 g/mol. The summed E-state index contributed by atoms with van der Waals surface area (Å²) in [5, 5.41) is 3.39. The number of amides is 1. The van der Waals surface area contributed by atoms with Gasteiger partial charge in [-0.15, -0.1) is 0 Å². The lowest BCUT2D eigenvalue weighted by Crippen LogP contribution is -2.17. The smallest absolute Gasteiger partial charge is 0.256 e. The fourth-order valence-corrected chi connectivity index (χ4v) is 2.66. The van der Waals surface area contributed by atoms with Crippen LogP contribution in [0.15, 0.2) is 72.9 Å². The lowest BCUT2D eigenvalue weighted by Gasteiger charge is -2.23. The molecule has 5 heteroatoms. The predicted octanol–water partition coefficient (Wildman–Crippen LogP) is 5.15. The SMILES string of the molecule is CCN(c1ccccc1)c1ccc(NC(=O)c2ccc(Cl)cc2)nc1. The van der Waals surface area contributed by atoms with Crippen LogP contribution in [-0.2, 0) is 0 Å². The molecule has 0 spiro atoms. The second-order valence-corrected chi connectivity index (χ2v) is 5.88. The highest BCUT2D eigenvalue weighted by Crippen LogP contribution is 2.24. The van der Waals surface area contributed by atoms with Crippen LogP contribution in [0.1, 0.15) is 17.3 Å². The van der Waals surface area contributed by atoms with Crippen molar-refractivity contribution in [1.29, 1.82) is 0 Å². The van der Waals surface area contributed by atoms with Gasteiger partial charge in [-0.3, -0.25) is 4.79 Å². The number of pyridine rings is 1. The fraction of sp³-hybridized carbons (Fsp3) is 0.100. The van der Waals surface area contributed by atoms with Crippen LogP contribution in [0.2, 0.25) is 5.02 Å². The molecule has 1 heterocycles. The van der Waals surface area contributed by atoms with E-state index in [2.05, 4.69) is 34.3 Å². The topological polar surface area (TPSA) is 45.2 Å². The molecule has 4 nitrogen and oxygen atoms in total. The van der Waals surface area contributed by atoms with Gasteiger partial charge in [0, 0.05) is 22.8 Å². The van der Waals surface area contributed by atoms with Crippen LogP contribution < -0.4 is 10.2 Å². The van der Waals surface area contributed by atoms with E-state index in [0.29, 0.717) is 16.4 Å². The van der Waals surface area contributed by atoms with Crippen molar-refractivity contribution in [3.8, 4) is 0 Å². The molecule has 3 rings (SSSR count). The van der Waals surface area contributed by atoms with Crippen LogP contribution in [0.3, 0.4) is 0 Å². The molecule has 25 heavy (non-hydrogen) atoms. The van der Waals surface area contributed by atoms with Crippen molar-refractivity contribution in [3.05, 3.63) is 83.5 Å². The molecular weight excluding hydrogens is 334 g/mol. The zero-order valence-corrected chi connectivity index (χ0v) is 14.6. The van der Waals surface area contributed by atoms with Crippen LogP contribution >= 0.6 is 11.6 Å². The van der Waals surface area contributed by atoms with E-state index < -0.39 is 0 Å². The van der Waals surface area contributed by atoms with Gasteiger partial charge in [0.05, 0.1) is 11.9 Å². The largest absolute Gasteiger partial charge is 0.341 e. The number of nitrogens with zero attached hydrogens (tertiary/aromatic N) is 2. The minimum Gasteiger partial charge on any atom is -0.341 e. The standard InChI is InChI=1S/C20H18ClN3O/c1-2-24(17-6-4-3-5-7-17)18-12-13-19(22-14-18)23-20(25)15-8-10-16(21)11-9-15/h3-14H,2H2,1H3,(H,22,23,25). The minimum absolute atomic E-state index is 0.215. The summed E-state index contributed by atoms with van der Waals surface area (Å²) < 4.78 is 0. The number of para-hydroxylation sites is 1. The molecule has 1 N–H and O–H groups in total. The van der Waals surface area contributed by atoms with Crippen LogP contribution in [0.5, 0.6) is 0 Å². The Labute approximate surface area is 152 Å². The van der Waals surface area contributed by atoms with Gasteiger partial charge in [0.2, 0.25) is 0 Å². The van der Waals surface area contributed by atoms with Crippen molar-refractivity contribution < 1.29 is 4.79 Å². The Morgan fingerprint density at radius 3 is 2.32 bits per heavy atom. The zero-order valence-electron chi connectivity index (χ0n) is 13.8. The molecule has 0 saturated heterocycles. The molecule has 0 aliphatic rings. The van der Waals surface area contributed by atoms with Crippen molar-refractivity contribution in [1.82, 2.24) is 4.98 Å². The normalized spacial score (nSPS) is 10.3. The second kappa shape index (κ2) is 7.81. The van der Waals surface area contributed by atoms with E-state index >= 15 is 0 Å². The van der Waals surface area contributed by atoms with Crippen molar-refractivity contribution in [2.45, 2.75) is 6.92 Å². The minimum atomic E-state index is -0.215. The second-order valence-electron chi connectivity index (χ2n) is 5.44. The molecule has 2 aromatic carbocycles. The van der Waals surface area contributed by atoms with E-state index in [0.717, 1.165) is 17.9 Å². The third-order valence-electron chi connectivity index (χ3n) is 3.79. The first-order chi connectivity index (χ1) is 12.2. The van der Waals surface area contributed by atoms with Gasteiger partial charge in [-0.25, -0.2) is 4.98 Å². The van der Waals surface area contributed by atoms with E-state index in [-0.39, 0.29) is 5.91 Å². The average molecular weight is 352 g/mol. The molecule has 0 aliphatic carbocycles. The summed E-state index contributed by atoms with van der Waals surface area (Å²) in [6.07, 6.45) is 1.76. The van der Waals surface area contributed by atoms with Crippen LogP contribution in [0.25, 0.3) is 0 Å². The number of rotatable bonds is 5. The summed E-state index contributed by atoms with van der Waals surface area (Å²) in [5.74, 6) is 0.292. The lowest BCUT2D eigenvalue weighted by atomic mass is 10.2. The first-order valence-electron chi connectivity index (χ1n) is 8.03. The molecule has 3 aromatic rings. The summed E-state index contributed by atoms with van der Waals surface area (Å²) >= 11 is 5.84. The third kappa shape index (κ3) is 4.17. The van der Waals surface area contributed by atoms with Gasteiger partial charge in [0.1, 0.15) is 5.82 Å². The Bertz CT molecular complexity index is 833. The van der Waals surface area contributed by atoms with Gasteiger partial charge in [0.25, 0.3) is 5.91 Å². The van der Waals surface area contributed by atoms with Crippen molar-refractivity contribution >= 4 is 34.7 Å². The first kappa shape index (κ1) is 17.0. The van der Waals surface area contributed by atoms with Crippen molar-refractivity contribution in [2.75, 3.05) is 16.8 Å². The molecular formula is C20H18ClN3O. The maximum atomic E-state index is 12.2. The molecule has 0 radical (unpaired) electrons. The number of anilines is 3. The Balaban J connectivity index is 1.73. The summed E-state index contributed by atoms with van der Waals surface area (Å²) in [5.41, 5.74) is 2.61. The number of aromatic nitrogens is 1. The van der Waals surface area contributed by atoms with E-state index in [1.165, 1.54) is 0 Å². The highest BCUT2D eigenvalue weighted by Gasteiger charge is 2.09. The lowest BCUT2D eigenvalue weighted by molar-refractivity contribution is 0.102. The number of carbonyl (C=O) groups is 1. The van der Waals surface area contributed by atoms with Gasteiger partial charge in [-0.1, -0.05) is 29.8 Å². The van der Waals surface area contributed by atoms with E-state index in [9.17, 15) is 4.79 Å². The van der Waals surface area contributed by atoms with E-state index in [1.807, 2.05) is 24.3 Å². The molecule has 0 saturated carbocycles. The van der Waals surface area contributed by atoms with Crippen LogP contribution in [0, 0.1) is 0 Å². The Morgan fingerprint density at radius 2 is 1.72 bits per heavy atom. The molecule has 126 valence electrons. The summed E-state index contributed by atoms with van der Waals surface area (Å²) in [6.45, 7) is 2.91. The summed E-state index contributed by atoms with van der Waals surface area (Å²) in [7, 11) is 0. The van der Waals surface area contributed by atoms with Crippen molar-refractivity contribution in [3.63, 3.8) is 0 Å². The van der Waals surface area contributed by atoms with Crippen molar-refractivity contribution in [2.24, 2.45) is 0 Å². The predicted molar refractivity (Wildman–Crippen MR) is 103 cm³/mol. The molecule has 1 amide bonds. The number of hydrogen-bond donors (Lipinski definition) is 1. The van der Waals surface area contributed by atoms with Gasteiger partial charge >= 0.3 is 0 Å². The quantitative estimate of drug-likeness (QED) is 0.691. The average Bonchev–Trinajstić information content (AvgIpc) is 2.65. The summed E-state index contributed by atoms with van der Waals surface area (Å²) in [4.78, 5) is 18.7. The van der Waals surface area contributed by atoms with E-state index in [4.69, 9.17) is 11.6 Å². The van der Waals surface area contributed by atoms with E-state index in [1.54, 1.807) is 36.5 Å². The molecule has 0 fully saturated rings. The van der Waals surface area contributed by atoms with Gasteiger partial charge < -0.3 is 10.2 Å². The van der Waals surface area contributed by atoms with Crippen LogP contribution in [-0.4, -0.2) is 17.4 Å². The summed E-state index contributed by atoms with van der Waals surface area (Å²) in [6, 6.07) is 20.6. The van der Waals surface area contributed by atoms with Gasteiger partial charge in [-0.2, -0.15) is 0 Å². The number of carbonyl (C=O) groups excluding carboxylic acids is 1. The fourth-order valence-electron chi connectivity index (χ4n) is 2.53. The van der Waals surface area contributed by atoms with Crippen LogP contribution in [0.4, 0.5) is 17.2 Å². The number of benzene rings is 2. The third-order valence-corrected chi connectivity index (χ3v) is 4.04.